The lowest BCUT2D eigenvalue weighted by atomic mass is 10.00. The van der Waals surface area contributed by atoms with Crippen molar-refractivity contribution in [2.75, 3.05) is 4.90 Å². The molecule has 0 saturated carbocycles. The Morgan fingerprint density at radius 1 is 1.23 bits per heavy atom. The van der Waals surface area contributed by atoms with Gasteiger partial charge < -0.3 is 5.32 Å². The fourth-order valence-corrected chi connectivity index (χ4v) is 4.50. The number of nitrogens with zero attached hydrogens (tertiary/aromatic N) is 3. The van der Waals surface area contributed by atoms with Crippen molar-refractivity contribution in [1.29, 1.82) is 0 Å². The topological polar surface area (TPSA) is 75.2 Å². The SMILES string of the molecule is CCC(C)(C)NC(=O)C(c1sccc1C)N(C(=O)c1csnn1)c1cccc(C)c1. The van der Waals surface area contributed by atoms with Gasteiger partial charge in [-0.3, -0.25) is 14.5 Å². The van der Waals surface area contributed by atoms with Crippen molar-refractivity contribution in [2.45, 2.75) is 52.6 Å². The highest BCUT2D eigenvalue weighted by atomic mass is 32.1. The van der Waals surface area contributed by atoms with E-state index < -0.39 is 11.6 Å². The van der Waals surface area contributed by atoms with Gasteiger partial charge in [0, 0.05) is 21.5 Å². The minimum Gasteiger partial charge on any atom is -0.349 e. The zero-order valence-corrected chi connectivity index (χ0v) is 19.4. The summed E-state index contributed by atoms with van der Waals surface area (Å²) in [6.45, 7) is 9.90. The van der Waals surface area contributed by atoms with Crippen LogP contribution in [0.3, 0.4) is 0 Å². The number of amides is 2. The van der Waals surface area contributed by atoms with Gasteiger partial charge in [-0.05, 0) is 80.4 Å². The second-order valence-corrected chi connectivity index (χ2v) is 9.46. The molecule has 0 radical (unpaired) electrons. The Bertz CT molecular complexity index is 1030. The average Bonchev–Trinajstić information content (AvgIpc) is 3.37. The van der Waals surface area contributed by atoms with Crippen LogP contribution in [-0.2, 0) is 4.79 Å². The van der Waals surface area contributed by atoms with Crippen molar-refractivity contribution in [1.82, 2.24) is 14.9 Å². The first-order valence-electron chi connectivity index (χ1n) is 9.77. The molecule has 1 aromatic carbocycles. The molecule has 0 spiro atoms. The van der Waals surface area contributed by atoms with E-state index in [9.17, 15) is 9.59 Å². The molecule has 0 fully saturated rings. The van der Waals surface area contributed by atoms with E-state index in [4.69, 9.17) is 0 Å². The number of carbonyl (C=O) groups excluding carboxylic acids is 2. The third-order valence-electron chi connectivity index (χ3n) is 5.08. The Kier molecular flexibility index (Phi) is 6.67. The highest BCUT2D eigenvalue weighted by Gasteiger charge is 2.37. The van der Waals surface area contributed by atoms with Crippen molar-refractivity contribution in [3.05, 3.63) is 62.8 Å². The molecule has 0 aliphatic carbocycles. The lowest BCUT2D eigenvalue weighted by Gasteiger charge is -2.34. The van der Waals surface area contributed by atoms with Crippen LogP contribution in [0.1, 0.15) is 59.7 Å². The third-order valence-corrected chi connectivity index (χ3v) is 6.66. The molecule has 2 amide bonds. The number of aromatic nitrogens is 2. The van der Waals surface area contributed by atoms with Crippen LogP contribution in [0.2, 0.25) is 0 Å². The lowest BCUT2D eigenvalue weighted by molar-refractivity contribution is -0.124. The largest absolute Gasteiger partial charge is 0.349 e. The number of carbonyl (C=O) groups is 2. The van der Waals surface area contributed by atoms with E-state index >= 15 is 0 Å². The summed E-state index contributed by atoms with van der Waals surface area (Å²) >= 11 is 2.58. The van der Waals surface area contributed by atoms with Crippen molar-refractivity contribution >= 4 is 40.4 Å². The third kappa shape index (κ3) is 4.76. The smallest absolute Gasteiger partial charge is 0.280 e. The van der Waals surface area contributed by atoms with E-state index in [0.717, 1.165) is 34.0 Å². The molecule has 3 aromatic rings. The van der Waals surface area contributed by atoms with E-state index in [2.05, 4.69) is 14.9 Å². The van der Waals surface area contributed by atoms with Gasteiger partial charge in [0.2, 0.25) is 5.91 Å². The van der Waals surface area contributed by atoms with Gasteiger partial charge in [0.1, 0.15) is 0 Å². The molecule has 0 bridgehead atoms. The van der Waals surface area contributed by atoms with Crippen molar-refractivity contribution < 1.29 is 9.59 Å². The standard InChI is InChI=1S/C22H26N4O2S2/c1-6-22(4,5)23-20(27)18(19-15(3)10-11-29-19)26(16-9-7-8-14(2)12-16)21(28)17-13-30-25-24-17/h7-13,18H,6H2,1-5H3,(H,23,27). The molecule has 2 heterocycles. The zero-order chi connectivity index (χ0) is 21.9. The van der Waals surface area contributed by atoms with Gasteiger partial charge in [0.25, 0.3) is 5.91 Å². The molecule has 158 valence electrons. The summed E-state index contributed by atoms with van der Waals surface area (Å²) in [6.07, 6.45) is 0.767. The quantitative estimate of drug-likeness (QED) is 0.564. The molecular formula is C22H26N4O2S2. The second-order valence-electron chi connectivity index (χ2n) is 7.90. The van der Waals surface area contributed by atoms with Gasteiger partial charge in [-0.1, -0.05) is 23.5 Å². The molecule has 0 saturated heterocycles. The van der Waals surface area contributed by atoms with Gasteiger partial charge in [-0.2, -0.15) is 0 Å². The molecule has 6 nitrogen and oxygen atoms in total. The second kappa shape index (κ2) is 9.06. The summed E-state index contributed by atoms with van der Waals surface area (Å²) in [5.41, 5.74) is 2.44. The summed E-state index contributed by atoms with van der Waals surface area (Å²) in [4.78, 5) is 29.5. The van der Waals surface area contributed by atoms with Gasteiger partial charge >= 0.3 is 0 Å². The Morgan fingerprint density at radius 2 is 2.00 bits per heavy atom. The van der Waals surface area contributed by atoms with Crippen LogP contribution >= 0.6 is 22.9 Å². The number of thiophene rings is 1. The first kappa shape index (κ1) is 22.1. The molecule has 3 rings (SSSR count). The number of nitrogens with one attached hydrogen (secondary N) is 1. The van der Waals surface area contributed by atoms with Crippen LogP contribution in [0.15, 0.2) is 41.1 Å². The van der Waals surface area contributed by atoms with Crippen LogP contribution in [0, 0.1) is 13.8 Å². The van der Waals surface area contributed by atoms with E-state index in [-0.39, 0.29) is 17.5 Å². The Balaban J connectivity index is 2.17. The average molecular weight is 443 g/mol. The molecule has 1 atom stereocenters. The monoisotopic (exact) mass is 442 g/mol. The zero-order valence-electron chi connectivity index (χ0n) is 17.8. The van der Waals surface area contributed by atoms with Gasteiger partial charge in [0.15, 0.2) is 11.7 Å². The number of hydrogen-bond donors (Lipinski definition) is 1. The normalized spacial score (nSPS) is 12.4. The first-order chi connectivity index (χ1) is 14.2. The summed E-state index contributed by atoms with van der Waals surface area (Å²) in [6, 6.07) is 8.75. The van der Waals surface area contributed by atoms with Crippen LogP contribution in [0.25, 0.3) is 0 Å². The highest BCUT2D eigenvalue weighted by Crippen LogP contribution is 2.35. The summed E-state index contributed by atoms with van der Waals surface area (Å²) in [7, 11) is 0. The summed E-state index contributed by atoms with van der Waals surface area (Å²) < 4.78 is 3.84. The highest BCUT2D eigenvalue weighted by molar-refractivity contribution is 7.10. The van der Waals surface area contributed by atoms with Gasteiger partial charge in [-0.15, -0.1) is 16.4 Å². The van der Waals surface area contributed by atoms with Gasteiger partial charge in [0.05, 0.1) is 0 Å². The van der Waals surface area contributed by atoms with Crippen molar-refractivity contribution in [3.8, 4) is 0 Å². The first-order valence-corrected chi connectivity index (χ1v) is 11.5. The lowest BCUT2D eigenvalue weighted by Crippen LogP contribution is -2.50. The molecular weight excluding hydrogens is 416 g/mol. The molecule has 0 aliphatic heterocycles. The van der Waals surface area contributed by atoms with Crippen LogP contribution < -0.4 is 10.2 Å². The fraction of sp³-hybridized carbons (Fsp3) is 0.364. The predicted octanol–water partition coefficient (Wildman–Crippen LogP) is 4.91. The minimum atomic E-state index is -0.813. The van der Waals surface area contributed by atoms with E-state index in [1.807, 2.05) is 70.3 Å². The molecule has 0 aliphatic rings. The molecule has 1 unspecified atom stereocenters. The maximum absolute atomic E-state index is 13.6. The fourth-order valence-electron chi connectivity index (χ4n) is 3.05. The maximum atomic E-state index is 13.6. The van der Waals surface area contributed by atoms with Crippen molar-refractivity contribution in [2.24, 2.45) is 0 Å². The molecule has 1 N–H and O–H groups in total. The number of aryl methyl sites for hydroxylation is 2. The van der Waals surface area contributed by atoms with Crippen molar-refractivity contribution in [3.63, 3.8) is 0 Å². The number of anilines is 1. The predicted molar refractivity (Wildman–Crippen MR) is 122 cm³/mol. The Labute approximate surface area is 185 Å². The van der Waals surface area contributed by atoms with Gasteiger partial charge in [-0.25, -0.2) is 0 Å². The minimum absolute atomic E-state index is 0.217. The molecule has 30 heavy (non-hydrogen) atoms. The maximum Gasteiger partial charge on any atom is 0.280 e. The number of benzene rings is 1. The Hall–Kier alpha value is -2.58. The molecule has 8 heteroatoms. The van der Waals surface area contributed by atoms with Crippen LogP contribution in [0.4, 0.5) is 5.69 Å². The Morgan fingerprint density at radius 3 is 2.57 bits per heavy atom. The number of hydrogen-bond acceptors (Lipinski definition) is 6. The van der Waals surface area contributed by atoms with Crippen LogP contribution in [-0.4, -0.2) is 26.9 Å². The number of rotatable bonds is 7. The van der Waals surface area contributed by atoms with Crippen LogP contribution in [0.5, 0.6) is 0 Å². The van der Waals surface area contributed by atoms with E-state index in [1.165, 1.54) is 11.3 Å². The van der Waals surface area contributed by atoms with E-state index in [1.54, 1.807) is 10.3 Å². The summed E-state index contributed by atoms with van der Waals surface area (Å²) in [5, 5.41) is 10.6. The molecule has 2 aromatic heterocycles. The summed E-state index contributed by atoms with van der Waals surface area (Å²) in [5.74, 6) is -0.568. The van der Waals surface area contributed by atoms with E-state index in [0.29, 0.717) is 5.69 Å².